The van der Waals surface area contributed by atoms with E-state index in [4.69, 9.17) is 0 Å². The molecule has 1 aromatic heterocycles. The maximum Gasteiger partial charge on any atom is 0.0534 e. The molecule has 170 valence electrons. The van der Waals surface area contributed by atoms with E-state index >= 15 is 0 Å². The van der Waals surface area contributed by atoms with Crippen LogP contribution in [0.5, 0.6) is 0 Å². The number of para-hydroxylation sites is 1. The molecule has 0 spiro atoms. The lowest BCUT2D eigenvalue weighted by Crippen LogP contribution is -2.28. The Kier molecular flexibility index (Phi) is 13.9. The molecule has 32 heavy (non-hydrogen) atoms. The van der Waals surface area contributed by atoms with E-state index in [0.29, 0.717) is 0 Å². The Balaban J connectivity index is 0.000000628. The van der Waals surface area contributed by atoms with Crippen molar-refractivity contribution in [1.29, 1.82) is 0 Å². The highest BCUT2D eigenvalue weighted by molar-refractivity contribution is 5.66. The maximum atomic E-state index is 3.95. The first kappa shape index (κ1) is 28.7. The Bertz CT molecular complexity index is 1170. The predicted molar refractivity (Wildman–Crippen MR) is 150 cm³/mol. The second kappa shape index (κ2) is 15.5. The summed E-state index contributed by atoms with van der Waals surface area (Å²) < 4.78 is 2.22. The zero-order valence-corrected chi connectivity index (χ0v) is 20.0. The molecule has 0 bridgehead atoms. The summed E-state index contributed by atoms with van der Waals surface area (Å²) in [6, 6.07) is 18.7. The molecule has 1 heterocycles. The van der Waals surface area contributed by atoms with Crippen LogP contribution in [-0.2, 0) is 0 Å². The monoisotopic (exact) mass is 427 g/mol. The second-order valence-electron chi connectivity index (χ2n) is 6.46. The van der Waals surface area contributed by atoms with E-state index in [1.807, 2.05) is 44.2 Å². The number of nitrogens with zero attached hydrogens (tertiary/aromatic N) is 1. The molecule has 0 amide bonds. The Morgan fingerprint density at radius 3 is 1.53 bits per heavy atom. The van der Waals surface area contributed by atoms with Crippen molar-refractivity contribution >= 4 is 36.5 Å². The third-order valence-corrected chi connectivity index (χ3v) is 4.92. The molecular weight excluding hydrogens is 386 g/mol. The topological polar surface area (TPSA) is 4.93 Å². The SMILES string of the molecule is C.C/C=c1/cccc/c1=C/C.C=Cc1c(C=C)n(-c2ccccc2)c(=C/C)/c1=C\C.CC. The van der Waals surface area contributed by atoms with Gasteiger partial charge >= 0.3 is 0 Å². The van der Waals surface area contributed by atoms with Crippen LogP contribution in [0.1, 0.15) is 60.2 Å². The van der Waals surface area contributed by atoms with Crippen LogP contribution in [-0.4, -0.2) is 4.57 Å². The largest absolute Gasteiger partial charge is 0.310 e. The molecular formula is C31H41N. The summed E-state index contributed by atoms with van der Waals surface area (Å²) in [6.07, 6.45) is 12.3. The average Bonchev–Trinajstić information content (AvgIpc) is 3.18. The molecule has 0 radical (unpaired) electrons. The van der Waals surface area contributed by atoms with E-state index in [0.717, 1.165) is 16.9 Å². The van der Waals surface area contributed by atoms with Crippen molar-refractivity contribution in [2.24, 2.45) is 0 Å². The van der Waals surface area contributed by atoms with Crippen LogP contribution >= 0.6 is 0 Å². The van der Waals surface area contributed by atoms with Crippen molar-refractivity contribution in [2.45, 2.75) is 49.0 Å². The molecule has 0 N–H and O–H groups in total. The van der Waals surface area contributed by atoms with Gasteiger partial charge in [0.2, 0.25) is 0 Å². The number of benzene rings is 2. The minimum atomic E-state index is 0. The first-order chi connectivity index (χ1) is 15.2. The normalized spacial score (nSPS) is 12.2. The summed E-state index contributed by atoms with van der Waals surface area (Å²) in [5.41, 5.74) is 3.36. The van der Waals surface area contributed by atoms with Crippen LogP contribution in [0.4, 0.5) is 0 Å². The second-order valence-corrected chi connectivity index (χ2v) is 6.46. The third-order valence-electron chi connectivity index (χ3n) is 4.92. The number of aromatic nitrogens is 1. The summed E-state index contributed by atoms with van der Waals surface area (Å²) in [4.78, 5) is 0. The number of hydrogen-bond donors (Lipinski definition) is 0. The van der Waals surface area contributed by atoms with Crippen molar-refractivity contribution in [3.05, 3.63) is 100 Å². The van der Waals surface area contributed by atoms with Crippen LogP contribution in [0.25, 0.3) is 42.1 Å². The van der Waals surface area contributed by atoms with Gasteiger partial charge in [0.25, 0.3) is 0 Å². The highest BCUT2D eigenvalue weighted by Gasteiger charge is 2.10. The van der Waals surface area contributed by atoms with Crippen molar-refractivity contribution < 1.29 is 0 Å². The van der Waals surface area contributed by atoms with Crippen molar-refractivity contribution in [3.63, 3.8) is 0 Å². The van der Waals surface area contributed by atoms with Gasteiger partial charge in [-0.05, 0) is 56.3 Å². The fourth-order valence-electron chi connectivity index (χ4n) is 3.54. The van der Waals surface area contributed by atoms with Crippen LogP contribution in [0.15, 0.2) is 67.8 Å². The first-order valence-corrected chi connectivity index (χ1v) is 11.0. The smallest absolute Gasteiger partial charge is 0.0534 e. The molecule has 0 aliphatic carbocycles. The van der Waals surface area contributed by atoms with Crippen LogP contribution in [0.3, 0.4) is 0 Å². The molecule has 3 rings (SSSR count). The van der Waals surface area contributed by atoms with E-state index in [1.54, 1.807) is 0 Å². The van der Waals surface area contributed by atoms with Gasteiger partial charge in [0.05, 0.1) is 5.69 Å². The predicted octanol–water partition coefficient (Wildman–Crippen LogP) is 6.31. The summed E-state index contributed by atoms with van der Waals surface area (Å²) in [5, 5.41) is 5.00. The molecule has 0 saturated heterocycles. The minimum Gasteiger partial charge on any atom is -0.310 e. The Labute approximate surface area is 195 Å². The summed E-state index contributed by atoms with van der Waals surface area (Å²) in [7, 11) is 0. The highest BCUT2D eigenvalue weighted by Crippen LogP contribution is 2.13. The van der Waals surface area contributed by atoms with Crippen molar-refractivity contribution in [1.82, 2.24) is 4.57 Å². The van der Waals surface area contributed by atoms with Crippen LogP contribution < -0.4 is 21.0 Å². The van der Waals surface area contributed by atoms with E-state index in [-0.39, 0.29) is 7.43 Å². The molecule has 0 aliphatic rings. The molecule has 2 aromatic carbocycles. The van der Waals surface area contributed by atoms with E-state index in [2.05, 4.69) is 106 Å². The van der Waals surface area contributed by atoms with E-state index < -0.39 is 0 Å². The minimum absolute atomic E-state index is 0. The standard InChI is InChI=1S/C18H19N.C10H12.C2H6.CH4/c1-5-15-16(6-2)18(8-4)19(17(15)7-3)14-12-10-9-11-13-14;1-3-9-7-5-6-8-10(9)4-2;1-2;/h5-13H,1,3H2,2,4H3;3-8H,1-2H3;1-2H3;1H4/b16-6-,18-8+;9-3-,10-4-;;. The number of hydrogen-bond acceptors (Lipinski definition) is 0. The Morgan fingerprint density at radius 1 is 0.656 bits per heavy atom. The maximum absolute atomic E-state index is 3.95. The van der Waals surface area contributed by atoms with Gasteiger partial charge in [-0.1, -0.05) is 107 Å². The molecule has 0 unspecified atom stereocenters. The summed E-state index contributed by atoms with van der Waals surface area (Å²) in [5.74, 6) is 0. The molecule has 0 saturated carbocycles. The van der Waals surface area contributed by atoms with Gasteiger partial charge < -0.3 is 4.57 Å². The molecule has 1 nitrogen and oxygen atoms in total. The molecule has 0 fully saturated rings. The Hall–Kier alpha value is -3.32. The van der Waals surface area contributed by atoms with Crippen LogP contribution in [0.2, 0.25) is 0 Å². The quantitative estimate of drug-likeness (QED) is 0.461. The fourth-order valence-corrected chi connectivity index (χ4v) is 3.54. The molecule has 0 aliphatic heterocycles. The summed E-state index contributed by atoms with van der Waals surface area (Å²) in [6.45, 7) is 20.1. The summed E-state index contributed by atoms with van der Waals surface area (Å²) >= 11 is 0. The van der Waals surface area contributed by atoms with Gasteiger partial charge in [-0.3, -0.25) is 0 Å². The average molecular weight is 428 g/mol. The Morgan fingerprint density at radius 2 is 1.16 bits per heavy atom. The zero-order valence-electron chi connectivity index (χ0n) is 20.0. The van der Waals surface area contributed by atoms with E-state index in [1.165, 1.54) is 21.0 Å². The molecule has 0 atom stereocenters. The highest BCUT2D eigenvalue weighted by atomic mass is 15.0. The number of rotatable bonds is 3. The van der Waals surface area contributed by atoms with E-state index in [9.17, 15) is 0 Å². The van der Waals surface area contributed by atoms with Gasteiger partial charge in [-0.25, -0.2) is 0 Å². The first-order valence-electron chi connectivity index (χ1n) is 11.0. The molecule has 1 heteroatoms. The fraction of sp³-hybridized carbons (Fsp3) is 0.226. The third kappa shape index (κ3) is 6.59. The van der Waals surface area contributed by atoms with Gasteiger partial charge in [-0.15, -0.1) is 0 Å². The van der Waals surface area contributed by atoms with Gasteiger partial charge in [0, 0.05) is 21.8 Å². The van der Waals surface area contributed by atoms with Crippen molar-refractivity contribution in [3.8, 4) is 5.69 Å². The zero-order chi connectivity index (χ0) is 23.2. The van der Waals surface area contributed by atoms with Gasteiger partial charge in [0.1, 0.15) is 0 Å². The lowest BCUT2D eigenvalue weighted by Gasteiger charge is -2.07. The van der Waals surface area contributed by atoms with Crippen LogP contribution in [0, 0.1) is 0 Å². The van der Waals surface area contributed by atoms with Crippen molar-refractivity contribution in [2.75, 3.05) is 0 Å². The molecule has 3 aromatic rings. The lowest BCUT2D eigenvalue weighted by atomic mass is 10.2. The lowest BCUT2D eigenvalue weighted by molar-refractivity contribution is 1.01. The van der Waals surface area contributed by atoms with Gasteiger partial charge in [0.15, 0.2) is 0 Å². The van der Waals surface area contributed by atoms with Gasteiger partial charge in [-0.2, -0.15) is 0 Å².